The van der Waals surface area contributed by atoms with E-state index in [2.05, 4.69) is 37.2 Å². The van der Waals surface area contributed by atoms with Gasteiger partial charge in [0.15, 0.2) is 0 Å². The lowest BCUT2D eigenvalue weighted by Gasteiger charge is -2.38. The van der Waals surface area contributed by atoms with Crippen molar-refractivity contribution in [3.63, 3.8) is 0 Å². The summed E-state index contributed by atoms with van der Waals surface area (Å²) in [5.74, 6) is 0. The second kappa shape index (κ2) is 13.0. The van der Waals surface area contributed by atoms with Crippen molar-refractivity contribution >= 4 is 16.4 Å². The summed E-state index contributed by atoms with van der Waals surface area (Å²) in [5, 5.41) is 0. The zero-order valence-electron chi connectivity index (χ0n) is 15.7. The zero-order chi connectivity index (χ0) is 18.7. The van der Waals surface area contributed by atoms with Gasteiger partial charge < -0.3 is 18.6 Å². The minimum absolute atomic E-state index is 0.227. The topological polar surface area (TPSA) is 35.3 Å². The molecular weight excluding hydrogens is 329 g/mol. The summed E-state index contributed by atoms with van der Waals surface area (Å²) in [5.41, 5.74) is 0. The molecule has 0 saturated heterocycles. The number of nitrogens with zero attached hydrogens (tertiary/aromatic N) is 2. The maximum Gasteiger partial charge on any atom is 0.259 e. The maximum atomic E-state index is 12.6. The van der Waals surface area contributed by atoms with Gasteiger partial charge in [-0.2, -0.15) is 0 Å². The van der Waals surface area contributed by atoms with Crippen LogP contribution in [0.25, 0.3) is 4.85 Å². The average Bonchev–Trinajstić information content (AvgIpc) is 2.51. The molecule has 0 aromatic heterocycles. The van der Waals surface area contributed by atoms with Crippen molar-refractivity contribution in [3.8, 4) is 0 Å². The molecule has 0 aromatic carbocycles. The fourth-order valence-electron chi connectivity index (χ4n) is 2.30. The average molecular weight is 360 g/mol. The van der Waals surface area contributed by atoms with Crippen molar-refractivity contribution < 1.29 is 18.2 Å². The van der Waals surface area contributed by atoms with Gasteiger partial charge in [-0.15, -0.1) is 0 Å². The number of halogens is 1. The standard InChI is InChI=1S/C16H31BFN2O3P/c1-8-15(22-16(17)11-18)14(6)23-24(21-10-9-19-7)20(12(2)3)13(4)5/h12-16H,8-11H2,1-6H3/t14-,15+,16?,24?/m0/s1. The van der Waals surface area contributed by atoms with Gasteiger partial charge in [-0.25, -0.2) is 15.6 Å². The highest BCUT2D eigenvalue weighted by molar-refractivity contribution is 7.44. The van der Waals surface area contributed by atoms with E-state index in [1.165, 1.54) is 0 Å². The minimum atomic E-state index is -1.35. The molecule has 2 radical (unpaired) electrons. The third-order valence-corrected chi connectivity index (χ3v) is 5.55. The second-order valence-corrected chi connectivity index (χ2v) is 7.51. The van der Waals surface area contributed by atoms with Crippen LogP contribution in [0.5, 0.6) is 0 Å². The maximum absolute atomic E-state index is 12.6. The highest BCUT2D eigenvalue weighted by Gasteiger charge is 2.31. The van der Waals surface area contributed by atoms with Gasteiger partial charge >= 0.3 is 0 Å². The van der Waals surface area contributed by atoms with E-state index in [4.69, 9.17) is 28.2 Å². The van der Waals surface area contributed by atoms with Gasteiger partial charge in [0.05, 0.1) is 12.2 Å². The van der Waals surface area contributed by atoms with Crippen LogP contribution in [0.15, 0.2) is 0 Å². The number of ether oxygens (including phenoxy) is 1. The summed E-state index contributed by atoms with van der Waals surface area (Å²) >= 11 is 0. The van der Waals surface area contributed by atoms with Crippen molar-refractivity contribution in [2.75, 3.05) is 19.8 Å². The molecule has 5 nitrogen and oxygen atoms in total. The fourth-order valence-corrected chi connectivity index (χ4v) is 4.01. The smallest absolute Gasteiger partial charge is 0.259 e. The molecule has 2 unspecified atom stereocenters. The molecule has 0 saturated carbocycles. The van der Waals surface area contributed by atoms with Gasteiger partial charge in [0.2, 0.25) is 6.54 Å². The first-order valence-corrected chi connectivity index (χ1v) is 9.59. The van der Waals surface area contributed by atoms with E-state index < -0.39 is 21.2 Å². The lowest BCUT2D eigenvalue weighted by atomic mass is 10.0. The molecule has 0 bridgehead atoms. The van der Waals surface area contributed by atoms with Crippen molar-refractivity contribution in [2.45, 2.75) is 78.3 Å². The van der Waals surface area contributed by atoms with Gasteiger partial charge in [0, 0.05) is 18.1 Å². The SMILES string of the molecule is [B]C(CF)O[C@H](CC)[C@H](C)OP(OCC[N+]#[C-])N(C(C)C)C(C)C. The Labute approximate surface area is 149 Å². The predicted molar refractivity (Wildman–Crippen MR) is 97.7 cm³/mol. The summed E-state index contributed by atoms with van der Waals surface area (Å²) in [6.07, 6.45) is 0.0433. The molecule has 0 aliphatic heterocycles. The quantitative estimate of drug-likeness (QED) is 0.216. The first-order chi connectivity index (χ1) is 11.3. The normalized spacial score (nSPS) is 17.0. The zero-order valence-corrected chi connectivity index (χ0v) is 16.6. The van der Waals surface area contributed by atoms with Gasteiger partial charge in [-0.1, -0.05) is 6.92 Å². The first-order valence-electron chi connectivity index (χ1n) is 8.46. The Balaban J connectivity index is 5.02. The van der Waals surface area contributed by atoms with Crippen LogP contribution in [-0.2, 0) is 13.8 Å². The molecule has 0 aliphatic carbocycles. The first kappa shape index (κ1) is 23.8. The van der Waals surface area contributed by atoms with Crippen molar-refractivity contribution in [2.24, 2.45) is 0 Å². The van der Waals surface area contributed by atoms with Crippen LogP contribution >= 0.6 is 8.53 Å². The van der Waals surface area contributed by atoms with Gasteiger partial charge in [-0.3, -0.25) is 0 Å². The Morgan fingerprint density at radius 1 is 1.21 bits per heavy atom. The monoisotopic (exact) mass is 360 g/mol. The van der Waals surface area contributed by atoms with Crippen LogP contribution in [0.3, 0.4) is 0 Å². The third-order valence-electron chi connectivity index (χ3n) is 3.34. The van der Waals surface area contributed by atoms with Crippen LogP contribution in [0, 0.1) is 6.57 Å². The van der Waals surface area contributed by atoms with Crippen LogP contribution < -0.4 is 0 Å². The van der Waals surface area contributed by atoms with Gasteiger partial charge in [-0.05, 0) is 41.0 Å². The van der Waals surface area contributed by atoms with Gasteiger partial charge in [0.1, 0.15) is 21.1 Å². The van der Waals surface area contributed by atoms with Crippen LogP contribution in [0.1, 0.15) is 48.0 Å². The molecular formula is C16H31BFN2O3P. The molecule has 4 atom stereocenters. The van der Waals surface area contributed by atoms with Gasteiger partial charge in [0.25, 0.3) is 8.53 Å². The lowest BCUT2D eigenvalue weighted by Crippen LogP contribution is -2.38. The van der Waals surface area contributed by atoms with E-state index in [1.54, 1.807) is 0 Å². The van der Waals surface area contributed by atoms with E-state index >= 15 is 0 Å². The summed E-state index contributed by atoms with van der Waals surface area (Å²) in [6.45, 7) is 18.9. The predicted octanol–water partition coefficient (Wildman–Crippen LogP) is 3.93. The van der Waals surface area contributed by atoms with Crippen LogP contribution in [-0.4, -0.2) is 62.6 Å². The summed E-state index contributed by atoms with van der Waals surface area (Å²) in [4.78, 5) is 3.32. The minimum Gasteiger partial charge on any atom is -0.379 e. The van der Waals surface area contributed by atoms with E-state index in [9.17, 15) is 4.39 Å². The Hall–Kier alpha value is -0.245. The summed E-state index contributed by atoms with van der Waals surface area (Å²) < 4.78 is 32.3. The molecule has 138 valence electrons. The Bertz CT molecular complexity index is 364. The number of alkyl halides is 1. The lowest BCUT2D eigenvalue weighted by molar-refractivity contribution is -0.0454. The fraction of sp³-hybridized carbons (Fsp3) is 0.938. The molecule has 0 rings (SSSR count). The number of hydrogen-bond donors (Lipinski definition) is 0. The van der Waals surface area contributed by atoms with E-state index in [0.29, 0.717) is 19.6 Å². The molecule has 0 aliphatic rings. The Morgan fingerprint density at radius 2 is 1.79 bits per heavy atom. The molecule has 24 heavy (non-hydrogen) atoms. The molecule has 0 aromatic rings. The van der Waals surface area contributed by atoms with E-state index in [1.807, 2.05) is 13.8 Å². The van der Waals surface area contributed by atoms with E-state index in [0.717, 1.165) is 0 Å². The molecule has 0 N–H and O–H groups in total. The molecule has 8 heteroatoms. The largest absolute Gasteiger partial charge is 0.379 e. The molecule has 0 fully saturated rings. The Morgan fingerprint density at radius 3 is 2.21 bits per heavy atom. The summed E-state index contributed by atoms with van der Waals surface area (Å²) in [7, 11) is 4.20. The van der Waals surface area contributed by atoms with Crippen LogP contribution in [0.2, 0.25) is 0 Å². The second-order valence-electron chi connectivity index (χ2n) is 6.11. The Kier molecular flexibility index (Phi) is 12.9. The highest BCUT2D eigenvalue weighted by atomic mass is 31.2. The number of rotatable bonds is 13. The third kappa shape index (κ3) is 8.73. The van der Waals surface area contributed by atoms with Crippen molar-refractivity contribution in [3.05, 3.63) is 11.4 Å². The summed E-state index contributed by atoms with van der Waals surface area (Å²) in [6, 6.07) is -0.489. The van der Waals surface area contributed by atoms with E-state index in [-0.39, 0.29) is 24.3 Å². The number of hydrogen-bond acceptors (Lipinski definition) is 4. The molecule has 0 spiro atoms. The van der Waals surface area contributed by atoms with Crippen LogP contribution in [0.4, 0.5) is 4.39 Å². The van der Waals surface area contributed by atoms with Crippen molar-refractivity contribution in [1.29, 1.82) is 0 Å². The molecule has 0 heterocycles. The molecule has 0 amide bonds. The van der Waals surface area contributed by atoms with Crippen molar-refractivity contribution in [1.82, 2.24) is 4.67 Å². The highest BCUT2D eigenvalue weighted by Crippen LogP contribution is 2.47.